The summed E-state index contributed by atoms with van der Waals surface area (Å²) in [4.78, 5) is 50.0. The van der Waals surface area contributed by atoms with Crippen LogP contribution in [0, 0.1) is 27.9 Å². The number of allylic oxidation sites excluding steroid dienone is 1. The third-order valence-corrected chi connectivity index (χ3v) is 7.39. The lowest BCUT2D eigenvalue weighted by Gasteiger charge is -2.35. The molecule has 0 aliphatic carbocycles. The smallest absolute Gasteiger partial charge is 0.407 e. The average molecular weight is 760 g/mol. The summed E-state index contributed by atoms with van der Waals surface area (Å²) in [5, 5.41) is 28.0. The highest BCUT2D eigenvalue weighted by molar-refractivity contribution is 6.06. The number of carbonyl (C=O) groups excluding carboxylic acids is 4. The standard InChI is InChI=1S/C31H44F7N7O7/c1-29(2,3)23(42-27(49)51-6)26(48)44-45(15-18-19(32)10-16(11-20(18)33)21(39)8-9-40-13-22(34)35)14-17(46)12-41-25(47)24(43-28(50)52-7)30(4,5)31(36,37)38/h8-11,17,22-24,39-40,46H,12-15H2,1-7H3,(H,41,47)(H,42,49)(H,43,50)(H,44,48)/b9-8-,39-21?/t17-,23-,24?/m1/s1. The summed E-state index contributed by atoms with van der Waals surface area (Å²) in [6, 6.07) is -2.07. The summed E-state index contributed by atoms with van der Waals surface area (Å²) < 4.78 is 105. The number of hydrazine groups is 1. The van der Waals surface area contributed by atoms with E-state index in [2.05, 4.69) is 30.8 Å². The number of halogens is 7. The van der Waals surface area contributed by atoms with Crippen LogP contribution in [0.3, 0.4) is 0 Å². The van der Waals surface area contributed by atoms with Crippen molar-refractivity contribution in [1.29, 1.82) is 5.41 Å². The Morgan fingerprint density at radius 2 is 1.42 bits per heavy atom. The van der Waals surface area contributed by atoms with Gasteiger partial charge >= 0.3 is 18.4 Å². The largest absolute Gasteiger partial charge is 0.453 e. The second-order valence-corrected chi connectivity index (χ2v) is 12.9. The number of alkyl halides is 5. The molecule has 4 amide bonds. The van der Waals surface area contributed by atoms with Crippen molar-refractivity contribution in [2.75, 3.05) is 33.9 Å². The summed E-state index contributed by atoms with van der Waals surface area (Å²) in [6.45, 7) is 2.90. The number of hydrogen-bond donors (Lipinski definition) is 7. The fourth-order valence-corrected chi connectivity index (χ4v) is 4.27. The van der Waals surface area contributed by atoms with E-state index in [0.29, 0.717) is 13.8 Å². The molecule has 0 aromatic heterocycles. The highest BCUT2D eigenvalue weighted by Crippen LogP contribution is 2.40. The van der Waals surface area contributed by atoms with Crippen molar-refractivity contribution >= 4 is 29.7 Å². The van der Waals surface area contributed by atoms with Crippen LogP contribution in [-0.2, 0) is 25.6 Å². The van der Waals surface area contributed by atoms with Crippen LogP contribution in [0.15, 0.2) is 24.4 Å². The van der Waals surface area contributed by atoms with E-state index in [1.54, 1.807) is 26.1 Å². The van der Waals surface area contributed by atoms with E-state index in [1.165, 1.54) is 0 Å². The first-order valence-electron chi connectivity index (χ1n) is 15.4. The number of hydrogen-bond acceptors (Lipinski definition) is 10. The van der Waals surface area contributed by atoms with Crippen molar-refractivity contribution in [1.82, 2.24) is 31.7 Å². The zero-order valence-electron chi connectivity index (χ0n) is 29.4. The van der Waals surface area contributed by atoms with Crippen molar-refractivity contribution in [3.8, 4) is 0 Å². The number of rotatable bonds is 17. The maximum atomic E-state index is 15.3. The van der Waals surface area contributed by atoms with Gasteiger partial charge in [-0.2, -0.15) is 13.2 Å². The zero-order valence-corrected chi connectivity index (χ0v) is 29.4. The van der Waals surface area contributed by atoms with Gasteiger partial charge in [0, 0.05) is 30.8 Å². The summed E-state index contributed by atoms with van der Waals surface area (Å²) in [7, 11) is 1.90. The van der Waals surface area contributed by atoms with E-state index in [9.17, 15) is 46.2 Å². The number of aliphatic hydroxyl groups excluding tert-OH is 1. The van der Waals surface area contributed by atoms with Gasteiger partial charge in [0.05, 0.1) is 38.0 Å². The van der Waals surface area contributed by atoms with Crippen LogP contribution in [0.4, 0.5) is 40.3 Å². The molecule has 52 heavy (non-hydrogen) atoms. The predicted molar refractivity (Wildman–Crippen MR) is 172 cm³/mol. The molecule has 3 atom stereocenters. The molecule has 0 saturated carbocycles. The van der Waals surface area contributed by atoms with Gasteiger partial charge in [-0.3, -0.25) is 15.0 Å². The Bertz CT molecular complexity index is 1430. The first kappa shape index (κ1) is 45.4. The second kappa shape index (κ2) is 19.3. The van der Waals surface area contributed by atoms with E-state index in [4.69, 9.17) is 5.41 Å². The van der Waals surface area contributed by atoms with E-state index in [0.717, 1.165) is 43.6 Å². The number of nitrogens with one attached hydrogen (secondary N) is 6. The summed E-state index contributed by atoms with van der Waals surface area (Å²) in [6.07, 6.45) is -9.83. The number of methoxy groups -OCH3 is 2. The van der Waals surface area contributed by atoms with Gasteiger partial charge in [0.1, 0.15) is 23.7 Å². The fourth-order valence-electron chi connectivity index (χ4n) is 4.27. The van der Waals surface area contributed by atoms with Crippen LogP contribution in [0.5, 0.6) is 0 Å². The maximum Gasteiger partial charge on any atom is 0.407 e. The molecule has 1 aromatic rings. The lowest BCUT2D eigenvalue weighted by molar-refractivity contribution is -0.220. The minimum absolute atomic E-state index is 0.292. The van der Waals surface area contributed by atoms with Crippen LogP contribution >= 0.6 is 0 Å². The predicted octanol–water partition coefficient (Wildman–Crippen LogP) is 3.10. The van der Waals surface area contributed by atoms with Gasteiger partial charge in [0.2, 0.25) is 5.91 Å². The van der Waals surface area contributed by atoms with Crippen molar-refractivity contribution in [3.63, 3.8) is 0 Å². The molecule has 14 nitrogen and oxygen atoms in total. The van der Waals surface area contributed by atoms with Gasteiger partial charge in [-0.15, -0.1) is 0 Å². The molecule has 1 aromatic carbocycles. The Kier molecular flexibility index (Phi) is 16.8. The Morgan fingerprint density at radius 1 is 0.904 bits per heavy atom. The molecular weight excluding hydrogens is 715 g/mol. The Hall–Kier alpha value is -4.66. The molecule has 7 N–H and O–H groups in total. The monoisotopic (exact) mass is 759 g/mol. The number of benzene rings is 1. The summed E-state index contributed by atoms with van der Waals surface area (Å²) >= 11 is 0. The lowest BCUT2D eigenvalue weighted by atomic mass is 9.83. The van der Waals surface area contributed by atoms with Gasteiger partial charge < -0.3 is 41.3 Å². The Labute approximate surface area is 295 Å². The van der Waals surface area contributed by atoms with Gasteiger partial charge in [-0.1, -0.05) is 20.8 Å². The van der Waals surface area contributed by atoms with Crippen LogP contribution < -0.4 is 26.7 Å². The SMILES string of the molecule is COC(=O)NC(C(=O)NC[C@@H](O)CN(Cc1c(F)cc(C(=N)/C=C\NCC(F)F)cc1F)NC(=O)[C@@H](NC(=O)OC)C(C)(C)C)C(C)(C)C(F)(F)F. The third-order valence-electron chi connectivity index (χ3n) is 7.39. The Morgan fingerprint density at radius 3 is 1.88 bits per heavy atom. The van der Waals surface area contributed by atoms with E-state index >= 15 is 8.78 Å². The highest BCUT2D eigenvalue weighted by atomic mass is 19.4. The summed E-state index contributed by atoms with van der Waals surface area (Å²) in [5.74, 6) is -4.81. The lowest BCUT2D eigenvalue weighted by Crippen LogP contribution is -2.60. The van der Waals surface area contributed by atoms with Crippen LogP contribution in [-0.4, -0.2) is 104 Å². The molecule has 0 aliphatic heterocycles. The topological polar surface area (TPSA) is 194 Å². The molecule has 0 heterocycles. The number of alkyl carbamates (subject to hydrolysis) is 2. The molecule has 0 spiro atoms. The van der Waals surface area contributed by atoms with E-state index in [-0.39, 0.29) is 5.56 Å². The second-order valence-electron chi connectivity index (χ2n) is 12.9. The molecule has 1 rings (SSSR count). The third kappa shape index (κ3) is 13.8. The fraction of sp³-hybridized carbons (Fsp3) is 0.581. The highest BCUT2D eigenvalue weighted by Gasteiger charge is 2.55. The first-order chi connectivity index (χ1) is 23.8. The number of carbonyl (C=O) groups is 4. The molecule has 0 radical (unpaired) electrons. The quantitative estimate of drug-likeness (QED) is 0.0710. The minimum Gasteiger partial charge on any atom is -0.453 e. The van der Waals surface area contributed by atoms with Gasteiger partial charge in [0.15, 0.2) is 0 Å². The molecule has 0 bridgehead atoms. The van der Waals surface area contributed by atoms with Gasteiger partial charge in [0.25, 0.3) is 12.3 Å². The maximum absolute atomic E-state index is 15.3. The first-order valence-corrected chi connectivity index (χ1v) is 15.4. The number of amides is 4. The van der Waals surface area contributed by atoms with Crippen molar-refractivity contribution in [2.24, 2.45) is 10.8 Å². The molecular formula is C31H44F7N7O7. The van der Waals surface area contributed by atoms with Gasteiger partial charge in [-0.25, -0.2) is 32.2 Å². The number of ether oxygens (including phenoxy) is 2. The van der Waals surface area contributed by atoms with Crippen LogP contribution in [0.1, 0.15) is 45.7 Å². The molecule has 1 unspecified atom stereocenters. The van der Waals surface area contributed by atoms with E-state index in [1.807, 2.05) is 0 Å². The van der Waals surface area contributed by atoms with E-state index < -0.39 is 115 Å². The molecule has 0 aliphatic rings. The molecule has 294 valence electrons. The van der Waals surface area contributed by atoms with Crippen molar-refractivity contribution in [3.05, 3.63) is 47.2 Å². The van der Waals surface area contributed by atoms with Crippen LogP contribution in [0.2, 0.25) is 0 Å². The van der Waals surface area contributed by atoms with Gasteiger partial charge in [-0.05, 0) is 43.7 Å². The van der Waals surface area contributed by atoms with Crippen molar-refractivity contribution < 1.29 is 64.5 Å². The Balaban J connectivity index is 3.40. The zero-order chi connectivity index (χ0) is 40.2. The minimum atomic E-state index is -5.00. The van der Waals surface area contributed by atoms with Crippen LogP contribution in [0.25, 0.3) is 0 Å². The summed E-state index contributed by atoms with van der Waals surface area (Å²) in [5.41, 5.74) is -2.94. The average Bonchev–Trinajstić information content (AvgIpc) is 3.02. The molecule has 21 heteroatoms. The van der Waals surface area contributed by atoms with Crippen molar-refractivity contribution in [2.45, 2.75) is 72.0 Å². The number of nitrogens with zero attached hydrogens (tertiary/aromatic N) is 1. The molecule has 0 fully saturated rings. The number of aliphatic hydroxyl groups is 1. The normalized spacial score (nSPS) is 14.0. The molecule has 0 saturated heterocycles.